The van der Waals surface area contributed by atoms with Crippen LogP contribution in [0.1, 0.15) is 69.8 Å². The molecule has 33 heavy (non-hydrogen) atoms. The molecule has 1 aromatic carbocycles. The molecule has 4 saturated carbocycles. The van der Waals surface area contributed by atoms with Gasteiger partial charge in [0.15, 0.2) is 0 Å². The molecule has 0 atom stereocenters. The Morgan fingerprint density at radius 1 is 0.818 bits per heavy atom. The lowest BCUT2D eigenvalue weighted by Crippen LogP contribution is -2.58. The topological polar surface area (TPSA) is 82.3 Å². The van der Waals surface area contributed by atoms with Crippen molar-refractivity contribution in [3.63, 3.8) is 0 Å². The third kappa shape index (κ3) is 4.42. The lowest BCUT2D eigenvalue weighted by molar-refractivity contribution is -0.137. The number of benzene rings is 1. The standard InChI is InChI=1S/C24H29F3N4O2/c25-24(26,27)16-4-6-18(7-5-16)29-20(33)31-23(13-14-23)22(11-12-22)30-19(32)28-15-17-3-1-2-8-21(17)9-10-21/h4-7,15H,1-3,8-14H2,(H2,28,30,32)(H2,29,31,33)/b17-15-. The minimum atomic E-state index is -4.42. The molecule has 5 rings (SSSR count). The average molecular weight is 463 g/mol. The van der Waals surface area contributed by atoms with Gasteiger partial charge in [-0.2, -0.15) is 13.2 Å². The molecule has 0 radical (unpaired) electrons. The maximum absolute atomic E-state index is 12.7. The Bertz CT molecular complexity index is 974. The Kier molecular flexibility index (Phi) is 5.14. The van der Waals surface area contributed by atoms with Gasteiger partial charge < -0.3 is 21.3 Å². The largest absolute Gasteiger partial charge is 0.416 e. The number of hydrogen-bond donors (Lipinski definition) is 4. The summed E-state index contributed by atoms with van der Waals surface area (Å²) in [7, 11) is 0. The average Bonchev–Trinajstić information content (AvgIpc) is 3.62. The van der Waals surface area contributed by atoms with Crippen LogP contribution in [0.25, 0.3) is 0 Å². The van der Waals surface area contributed by atoms with E-state index >= 15 is 0 Å². The Hall–Kier alpha value is -2.71. The molecule has 0 aliphatic heterocycles. The van der Waals surface area contributed by atoms with E-state index in [0.29, 0.717) is 5.41 Å². The predicted octanol–water partition coefficient (Wildman–Crippen LogP) is 5.43. The van der Waals surface area contributed by atoms with E-state index in [2.05, 4.69) is 21.3 Å². The van der Waals surface area contributed by atoms with E-state index in [1.165, 1.54) is 49.8 Å². The monoisotopic (exact) mass is 462 g/mol. The molecule has 0 heterocycles. The number of nitrogens with one attached hydrogen (secondary N) is 4. The van der Waals surface area contributed by atoms with Crippen LogP contribution < -0.4 is 21.3 Å². The highest BCUT2D eigenvalue weighted by Gasteiger charge is 2.67. The summed E-state index contributed by atoms with van der Waals surface area (Å²) < 4.78 is 38.1. The van der Waals surface area contributed by atoms with E-state index in [-0.39, 0.29) is 11.7 Å². The minimum absolute atomic E-state index is 0.252. The molecule has 4 N–H and O–H groups in total. The number of urea groups is 2. The molecule has 0 aromatic heterocycles. The summed E-state index contributed by atoms with van der Waals surface area (Å²) in [6.07, 6.45) is 7.64. The van der Waals surface area contributed by atoms with Crippen molar-refractivity contribution < 1.29 is 22.8 Å². The fourth-order valence-corrected chi connectivity index (χ4v) is 5.38. The molecular weight excluding hydrogens is 433 g/mol. The SMILES string of the molecule is O=C(N/C=C1/CCCCC12CC2)NC1(C2(NC(=O)Nc3ccc(C(F)(F)F)cc3)CC2)CC1. The van der Waals surface area contributed by atoms with Gasteiger partial charge in [-0.3, -0.25) is 0 Å². The van der Waals surface area contributed by atoms with Gasteiger partial charge in [-0.15, -0.1) is 0 Å². The number of hydrogen-bond acceptors (Lipinski definition) is 2. The smallest absolute Gasteiger partial charge is 0.330 e. The number of carbonyl (C=O) groups is 2. The molecule has 4 fully saturated rings. The third-order valence-corrected chi connectivity index (χ3v) is 7.86. The van der Waals surface area contributed by atoms with Crippen LogP contribution in [-0.4, -0.2) is 23.1 Å². The minimum Gasteiger partial charge on any atom is -0.330 e. The number of halogens is 3. The van der Waals surface area contributed by atoms with Crippen molar-refractivity contribution in [3.8, 4) is 0 Å². The van der Waals surface area contributed by atoms with Gasteiger partial charge in [-0.05, 0) is 93.0 Å². The van der Waals surface area contributed by atoms with Gasteiger partial charge in [-0.1, -0.05) is 6.42 Å². The van der Waals surface area contributed by atoms with Gasteiger partial charge in [0.1, 0.15) is 0 Å². The first-order valence-corrected chi connectivity index (χ1v) is 11.7. The summed E-state index contributed by atoms with van der Waals surface area (Å²) in [6, 6.07) is 3.59. The van der Waals surface area contributed by atoms with Crippen LogP contribution in [0.4, 0.5) is 28.4 Å². The van der Waals surface area contributed by atoms with Crippen LogP contribution in [-0.2, 0) is 6.18 Å². The number of anilines is 1. The molecule has 178 valence electrons. The summed E-state index contributed by atoms with van der Waals surface area (Å²) in [4.78, 5) is 25.2. The van der Waals surface area contributed by atoms with Crippen LogP contribution >= 0.6 is 0 Å². The van der Waals surface area contributed by atoms with Crippen LogP contribution in [0, 0.1) is 5.41 Å². The number of carbonyl (C=O) groups excluding carboxylic acids is 2. The molecule has 1 aromatic rings. The molecule has 1 spiro atoms. The van der Waals surface area contributed by atoms with Gasteiger partial charge >= 0.3 is 18.2 Å². The summed E-state index contributed by atoms with van der Waals surface area (Å²) >= 11 is 0. The van der Waals surface area contributed by atoms with Gasteiger partial charge in [0.25, 0.3) is 0 Å². The molecule has 0 bridgehead atoms. The number of amides is 4. The van der Waals surface area contributed by atoms with E-state index in [1.54, 1.807) is 0 Å². The first-order valence-electron chi connectivity index (χ1n) is 11.7. The van der Waals surface area contributed by atoms with Gasteiger partial charge in [0.2, 0.25) is 0 Å². The lowest BCUT2D eigenvalue weighted by atomic mass is 9.82. The molecule has 0 unspecified atom stereocenters. The normalized spacial score (nSPS) is 24.6. The summed E-state index contributed by atoms with van der Waals surface area (Å²) in [6.45, 7) is 0. The molecule has 0 saturated heterocycles. The lowest BCUT2D eigenvalue weighted by Gasteiger charge is -2.29. The maximum Gasteiger partial charge on any atom is 0.416 e. The second-order valence-corrected chi connectivity index (χ2v) is 10.1. The van der Waals surface area contributed by atoms with Crippen LogP contribution in [0.3, 0.4) is 0 Å². The first kappa shape index (κ1) is 22.1. The fourth-order valence-electron chi connectivity index (χ4n) is 5.38. The highest BCUT2D eigenvalue weighted by molar-refractivity contribution is 5.90. The van der Waals surface area contributed by atoms with E-state index in [1.807, 2.05) is 6.20 Å². The van der Waals surface area contributed by atoms with Crippen molar-refractivity contribution >= 4 is 17.7 Å². The highest BCUT2D eigenvalue weighted by Crippen LogP contribution is 2.59. The number of rotatable bonds is 5. The highest BCUT2D eigenvalue weighted by atomic mass is 19.4. The quantitative estimate of drug-likeness (QED) is 0.471. The van der Waals surface area contributed by atoms with E-state index in [0.717, 1.165) is 44.2 Å². The zero-order chi connectivity index (χ0) is 23.3. The number of allylic oxidation sites excluding steroid dienone is 1. The summed E-state index contributed by atoms with van der Waals surface area (Å²) in [5.41, 5.74) is 0.199. The third-order valence-electron chi connectivity index (χ3n) is 7.86. The van der Waals surface area contributed by atoms with Crippen LogP contribution in [0.5, 0.6) is 0 Å². The van der Waals surface area contributed by atoms with Crippen LogP contribution in [0.15, 0.2) is 36.0 Å². The first-order chi connectivity index (χ1) is 15.7. The molecular formula is C24H29F3N4O2. The van der Waals surface area contributed by atoms with Crippen molar-refractivity contribution in [2.75, 3.05) is 5.32 Å². The summed E-state index contributed by atoms with van der Waals surface area (Å²) in [5, 5.41) is 11.6. The Morgan fingerprint density at radius 3 is 1.97 bits per heavy atom. The van der Waals surface area contributed by atoms with Crippen molar-refractivity contribution in [2.45, 2.75) is 81.5 Å². The molecule has 4 aliphatic rings. The van der Waals surface area contributed by atoms with Crippen molar-refractivity contribution in [2.24, 2.45) is 5.41 Å². The van der Waals surface area contributed by atoms with Gasteiger partial charge in [-0.25, -0.2) is 9.59 Å². The Morgan fingerprint density at radius 2 is 1.42 bits per heavy atom. The van der Waals surface area contributed by atoms with Gasteiger partial charge in [0.05, 0.1) is 16.6 Å². The molecule has 9 heteroatoms. The molecule has 4 aliphatic carbocycles. The zero-order valence-electron chi connectivity index (χ0n) is 18.4. The van der Waals surface area contributed by atoms with Crippen LogP contribution in [0.2, 0.25) is 0 Å². The Balaban J connectivity index is 1.16. The van der Waals surface area contributed by atoms with E-state index in [4.69, 9.17) is 0 Å². The fraction of sp³-hybridized carbons (Fsp3) is 0.583. The number of alkyl halides is 3. The molecule has 6 nitrogen and oxygen atoms in total. The van der Waals surface area contributed by atoms with Gasteiger partial charge in [0, 0.05) is 11.9 Å². The van der Waals surface area contributed by atoms with Crippen molar-refractivity contribution in [1.29, 1.82) is 0 Å². The second-order valence-electron chi connectivity index (χ2n) is 10.1. The Labute approximate surface area is 190 Å². The summed E-state index contributed by atoms with van der Waals surface area (Å²) in [5.74, 6) is 0. The zero-order valence-corrected chi connectivity index (χ0v) is 18.4. The van der Waals surface area contributed by atoms with E-state index < -0.39 is 28.8 Å². The maximum atomic E-state index is 12.7. The molecule has 4 amide bonds. The second kappa shape index (κ2) is 7.67. The van der Waals surface area contributed by atoms with E-state index in [9.17, 15) is 22.8 Å². The predicted molar refractivity (Wildman–Crippen MR) is 117 cm³/mol. The van der Waals surface area contributed by atoms with Crippen molar-refractivity contribution in [3.05, 3.63) is 41.6 Å². The van der Waals surface area contributed by atoms with Crippen molar-refractivity contribution in [1.82, 2.24) is 16.0 Å².